The summed E-state index contributed by atoms with van der Waals surface area (Å²) < 4.78 is 44.6. The summed E-state index contributed by atoms with van der Waals surface area (Å²) in [6, 6.07) is 10.9. The molecular formula is C23H17ClF3N5O5. The summed E-state index contributed by atoms with van der Waals surface area (Å²) in [5.74, 6) is -2.03. The summed E-state index contributed by atoms with van der Waals surface area (Å²) in [5, 5.41) is 4.27. The maximum absolute atomic E-state index is 13.0. The number of carbonyl (C=O) groups excluding carboxylic acids is 4. The normalized spacial score (nSPS) is 10.7. The Hall–Kier alpha value is -4.65. The molecule has 1 aromatic heterocycles. The number of amides is 4. The molecule has 0 spiro atoms. The Labute approximate surface area is 212 Å². The van der Waals surface area contributed by atoms with Gasteiger partial charge >= 0.3 is 18.1 Å². The van der Waals surface area contributed by atoms with E-state index in [0.717, 1.165) is 19.1 Å². The Morgan fingerprint density at radius 3 is 2.16 bits per heavy atom. The zero-order valence-corrected chi connectivity index (χ0v) is 19.5. The zero-order chi connectivity index (χ0) is 27.2. The molecule has 0 aliphatic carbocycles. The number of hydrazine groups is 1. The van der Waals surface area contributed by atoms with Gasteiger partial charge in [0.2, 0.25) is 5.78 Å². The molecular weight excluding hydrogens is 519 g/mol. The number of hydrogen-bond acceptors (Lipinski definition) is 6. The summed E-state index contributed by atoms with van der Waals surface area (Å²) in [5.41, 5.74) is 3.00. The van der Waals surface area contributed by atoms with Crippen LogP contribution in [0.25, 0.3) is 0 Å². The molecule has 0 radical (unpaired) electrons. The SMILES string of the molecule is CC(=O)C(=O)NNC(=O)c1cc(Oc2ccc(NC(=O)Nc3ccc(Cl)c(C(F)(F)F)c3)cc2)ccn1. The van der Waals surface area contributed by atoms with Gasteiger partial charge in [-0.05, 0) is 48.5 Å². The molecule has 1 heterocycles. The van der Waals surface area contributed by atoms with E-state index in [0.29, 0.717) is 11.4 Å². The molecule has 192 valence electrons. The Morgan fingerprint density at radius 1 is 0.865 bits per heavy atom. The van der Waals surface area contributed by atoms with Gasteiger partial charge in [0.25, 0.3) is 5.91 Å². The van der Waals surface area contributed by atoms with E-state index in [1.807, 2.05) is 10.9 Å². The molecule has 0 unspecified atom stereocenters. The fraction of sp³-hybridized carbons (Fsp3) is 0.0870. The molecule has 0 aliphatic rings. The highest BCUT2D eigenvalue weighted by molar-refractivity contribution is 6.35. The number of ketones is 1. The van der Waals surface area contributed by atoms with Gasteiger partial charge < -0.3 is 15.4 Å². The van der Waals surface area contributed by atoms with Crippen LogP contribution >= 0.6 is 11.6 Å². The van der Waals surface area contributed by atoms with Crippen molar-refractivity contribution in [3.05, 3.63) is 77.1 Å². The topological polar surface area (TPSA) is 139 Å². The van der Waals surface area contributed by atoms with Crippen molar-refractivity contribution in [1.82, 2.24) is 15.8 Å². The van der Waals surface area contributed by atoms with Crippen LogP contribution in [0.3, 0.4) is 0 Å². The van der Waals surface area contributed by atoms with Crippen LogP contribution in [-0.4, -0.2) is 28.6 Å². The average molecular weight is 536 g/mol. The van der Waals surface area contributed by atoms with Gasteiger partial charge in [-0.3, -0.25) is 30.2 Å². The molecule has 3 rings (SSSR count). The van der Waals surface area contributed by atoms with E-state index in [9.17, 15) is 32.3 Å². The number of rotatable bonds is 6. The first-order chi connectivity index (χ1) is 17.4. The highest BCUT2D eigenvalue weighted by Gasteiger charge is 2.33. The number of anilines is 2. The van der Waals surface area contributed by atoms with Gasteiger partial charge in [0.05, 0.1) is 10.6 Å². The quantitative estimate of drug-likeness (QED) is 0.270. The highest BCUT2D eigenvalue weighted by atomic mass is 35.5. The van der Waals surface area contributed by atoms with Crippen LogP contribution in [-0.2, 0) is 15.8 Å². The summed E-state index contributed by atoms with van der Waals surface area (Å²) in [7, 11) is 0. The van der Waals surface area contributed by atoms with E-state index in [4.69, 9.17) is 16.3 Å². The fourth-order valence-electron chi connectivity index (χ4n) is 2.72. The van der Waals surface area contributed by atoms with E-state index in [2.05, 4.69) is 15.6 Å². The summed E-state index contributed by atoms with van der Waals surface area (Å²) in [4.78, 5) is 50.3. The molecule has 0 saturated carbocycles. The van der Waals surface area contributed by atoms with Gasteiger partial charge in [0.15, 0.2) is 0 Å². The first-order valence-electron chi connectivity index (χ1n) is 10.2. The summed E-state index contributed by atoms with van der Waals surface area (Å²) >= 11 is 5.57. The van der Waals surface area contributed by atoms with Crippen LogP contribution in [0.4, 0.5) is 29.3 Å². The third-order valence-electron chi connectivity index (χ3n) is 4.45. The number of Topliss-reactive ketones (excluding diaryl/α,β-unsaturated/α-hetero) is 1. The third-order valence-corrected chi connectivity index (χ3v) is 4.78. The van der Waals surface area contributed by atoms with Gasteiger partial charge in [0, 0.05) is 30.6 Å². The van der Waals surface area contributed by atoms with Crippen LogP contribution < -0.4 is 26.2 Å². The van der Waals surface area contributed by atoms with Gasteiger partial charge in [-0.2, -0.15) is 13.2 Å². The molecule has 2 aromatic carbocycles. The highest BCUT2D eigenvalue weighted by Crippen LogP contribution is 2.36. The van der Waals surface area contributed by atoms with E-state index >= 15 is 0 Å². The van der Waals surface area contributed by atoms with Crippen molar-refractivity contribution in [2.75, 3.05) is 10.6 Å². The number of halogens is 4. The molecule has 3 aromatic rings. The lowest BCUT2D eigenvalue weighted by Gasteiger charge is -2.12. The largest absolute Gasteiger partial charge is 0.457 e. The van der Waals surface area contributed by atoms with Crippen molar-refractivity contribution in [3.8, 4) is 11.5 Å². The minimum atomic E-state index is -4.67. The predicted octanol–water partition coefficient (Wildman–Crippen LogP) is 4.54. The van der Waals surface area contributed by atoms with Crippen molar-refractivity contribution in [2.24, 2.45) is 0 Å². The predicted molar refractivity (Wildman–Crippen MR) is 126 cm³/mol. The zero-order valence-electron chi connectivity index (χ0n) is 18.8. The van der Waals surface area contributed by atoms with E-state index < -0.39 is 40.4 Å². The summed E-state index contributed by atoms with van der Waals surface area (Å²) in [6.07, 6.45) is -3.38. The lowest BCUT2D eigenvalue weighted by molar-refractivity contribution is -0.137. The number of hydrogen-bond donors (Lipinski definition) is 4. The minimum absolute atomic E-state index is 0.104. The van der Waals surface area contributed by atoms with Crippen molar-refractivity contribution in [1.29, 1.82) is 0 Å². The van der Waals surface area contributed by atoms with Crippen molar-refractivity contribution in [3.63, 3.8) is 0 Å². The monoisotopic (exact) mass is 535 g/mol. The molecule has 0 bridgehead atoms. The number of nitrogens with zero attached hydrogens (tertiary/aromatic N) is 1. The van der Waals surface area contributed by atoms with Crippen LogP contribution in [0.15, 0.2) is 60.8 Å². The van der Waals surface area contributed by atoms with Gasteiger partial charge in [-0.1, -0.05) is 11.6 Å². The lowest BCUT2D eigenvalue weighted by Crippen LogP contribution is -2.44. The number of pyridine rings is 1. The van der Waals surface area contributed by atoms with Gasteiger partial charge in [-0.25, -0.2) is 4.79 Å². The minimum Gasteiger partial charge on any atom is -0.457 e. The van der Waals surface area contributed by atoms with Crippen molar-refractivity contribution in [2.45, 2.75) is 13.1 Å². The maximum atomic E-state index is 13.0. The molecule has 0 saturated heterocycles. The average Bonchev–Trinajstić information content (AvgIpc) is 2.84. The number of nitrogens with one attached hydrogen (secondary N) is 4. The number of urea groups is 1. The lowest BCUT2D eigenvalue weighted by atomic mass is 10.2. The summed E-state index contributed by atoms with van der Waals surface area (Å²) in [6.45, 7) is 1.04. The fourth-order valence-corrected chi connectivity index (χ4v) is 2.95. The van der Waals surface area contributed by atoms with Gasteiger partial charge in [-0.15, -0.1) is 0 Å². The first kappa shape index (κ1) is 26.9. The second kappa shape index (κ2) is 11.4. The molecule has 0 aliphatic heterocycles. The molecule has 37 heavy (non-hydrogen) atoms. The van der Waals surface area contributed by atoms with E-state index in [1.165, 1.54) is 48.7 Å². The van der Waals surface area contributed by atoms with Crippen LogP contribution in [0.5, 0.6) is 11.5 Å². The van der Waals surface area contributed by atoms with E-state index in [1.54, 1.807) is 0 Å². The second-order valence-electron chi connectivity index (χ2n) is 7.24. The van der Waals surface area contributed by atoms with Crippen molar-refractivity contribution < 1.29 is 37.1 Å². The Kier molecular flexibility index (Phi) is 8.30. The number of ether oxygens (including phenoxy) is 1. The molecule has 14 heteroatoms. The van der Waals surface area contributed by atoms with Crippen molar-refractivity contribution >= 4 is 46.6 Å². The Balaban J connectivity index is 1.59. The smallest absolute Gasteiger partial charge is 0.417 e. The standard InChI is InChI=1S/C23H17ClF3N5O5/c1-12(33)20(34)31-32-21(35)19-11-16(8-9-28-19)37-15-5-2-13(3-6-15)29-22(36)30-14-4-7-18(24)17(10-14)23(25,26)27/h2-11H,1H3,(H,31,34)(H,32,35)(H2,29,30,36). The van der Waals surface area contributed by atoms with Crippen LogP contribution in [0.2, 0.25) is 5.02 Å². The van der Waals surface area contributed by atoms with E-state index in [-0.39, 0.29) is 17.1 Å². The Bertz CT molecular complexity index is 1350. The first-order valence-corrected chi connectivity index (χ1v) is 10.6. The number of alkyl halides is 3. The second-order valence-corrected chi connectivity index (χ2v) is 7.65. The molecule has 4 amide bonds. The van der Waals surface area contributed by atoms with Gasteiger partial charge in [0.1, 0.15) is 17.2 Å². The number of benzene rings is 2. The number of aromatic nitrogens is 1. The third kappa shape index (κ3) is 7.67. The van der Waals surface area contributed by atoms with Crippen LogP contribution in [0.1, 0.15) is 23.0 Å². The molecule has 0 atom stereocenters. The Morgan fingerprint density at radius 2 is 1.51 bits per heavy atom. The van der Waals surface area contributed by atoms with Crippen LogP contribution in [0, 0.1) is 0 Å². The maximum Gasteiger partial charge on any atom is 0.417 e. The molecule has 4 N–H and O–H groups in total. The molecule has 0 fully saturated rings. The molecule has 10 nitrogen and oxygen atoms in total. The number of carbonyl (C=O) groups is 4.